The van der Waals surface area contributed by atoms with Gasteiger partial charge in [0.1, 0.15) is 11.5 Å². The molecule has 4 nitrogen and oxygen atoms in total. The molecule has 1 aliphatic heterocycles. The Morgan fingerprint density at radius 1 is 1.16 bits per heavy atom. The zero-order chi connectivity index (χ0) is 17.5. The summed E-state index contributed by atoms with van der Waals surface area (Å²) >= 11 is 0. The van der Waals surface area contributed by atoms with Crippen molar-refractivity contribution in [1.82, 2.24) is 9.80 Å². The number of piperazine rings is 1. The van der Waals surface area contributed by atoms with Gasteiger partial charge in [-0.1, -0.05) is 30.0 Å². The zero-order valence-corrected chi connectivity index (χ0v) is 14.8. The average Bonchev–Trinajstić information content (AvgIpc) is 3.03. The molecule has 25 heavy (non-hydrogen) atoms. The first-order valence-corrected chi connectivity index (χ1v) is 8.91. The van der Waals surface area contributed by atoms with Gasteiger partial charge >= 0.3 is 0 Å². The molecule has 0 saturated carbocycles. The van der Waals surface area contributed by atoms with Gasteiger partial charge in [-0.05, 0) is 37.6 Å². The largest absolute Gasteiger partial charge is 0.465 e. The predicted octanol–water partition coefficient (Wildman–Crippen LogP) is 2.51. The van der Waals surface area contributed by atoms with Crippen LogP contribution in [0.15, 0.2) is 46.9 Å². The second kappa shape index (κ2) is 8.87. The molecule has 0 spiro atoms. The van der Waals surface area contributed by atoms with E-state index in [1.54, 1.807) is 0 Å². The number of rotatable bonds is 5. The average molecular weight is 338 g/mol. The first-order chi connectivity index (χ1) is 12.2. The van der Waals surface area contributed by atoms with Crippen LogP contribution in [0.25, 0.3) is 0 Å². The van der Waals surface area contributed by atoms with Gasteiger partial charge < -0.3 is 9.52 Å². The minimum absolute atomic E-state index is 0.210. The number of aryl methyl sites for hydroxylation is 1. The molecule has 1 atom stereocenters. The summed E-state index contributed by atoms with van der Waals surface area (Å²) in [6.45, 7) is 6.65. The molecule has 1 aliphatic rings. The molecule has 2 heterocycles. The molecule has 4 heteroatoms. The lowest BCUT2D eigenvalue weighted by atomic mass is 10.1. The van der Waals surface area contributed by atoms with Crippen molar-refractivity contribution in [2.24, 2.45) is 0 Å². The van der Waals surface area contributed by atoms with Gasteiger partial charge in [0, 0.05) is 37.8 Å². The van der Waals surface area contributed by atoms with Crippen LogP contribution in [-0.4, -0.2) is 53.7 Å². The highest BCUT2D eigenvalue weighted by Gasteiger charge is 2.26. The van der Waals surface area contributed by atoms with E-state index in [4.69, 9.17) is 4.42 Å². The quantitative estimate of drug-likeness (QED) is 0.851. The molecular formula is C21H26N2O2. The van der Waals surface area contributed by atoms with Crippen LogP contribution >= 0.6 is 0 Å². The summed E-state index contributed by atoms with van der Waals surface area (Å²) in [7, 11) is 0. The van der Waals surface area contributed by atoms with Crippen molar-refractivity contribution < 1.29 is 9.52 Å². The lowest BCUT2D eigenvalue weighted by Gasteiger charge is -2.40. The number of aliphatic hydroxyl groups is 1. The number of aliphatic hydroxyl groups excluding tert-OH is 1. The number of furan rings is 1. The van der Waals surface area contributed by atoms with Crippen LogP contribution in [0.4, 0.5) is 0 Å². The van der Waals surface area contributed by atoms with E-state index >= 15 is 0 Å². The van der Waals surface area contributed by atoms with Crippen LogP contribution in [-0.2, 0) is 6.54 Å². The first kappa shape index (κ1) is 17.8. The fourth-order valence-corrected chi connectivity index (χ4v) is 3.28. The number of nitrogens with zero attached hydrogens (tertiary/aromatic N) is 2. The normalized spacial score (nSPS) is 18.7. The highest BCUT2D eigenvalue weighted by atomic mass is 16.3. The molecule has 0 unspecified atom stereocenters. The fourth-order valence-electron chi connectivity index (χ4n) is 3.28. The van der Waals surface area contributed by atoms with Gasteiger partial charge in [0.25, 0.3) is 0 Å². The van der Waals surface area contributed by atoms with E-state index in [0.717, 1.165) is 56.2 Å². The van der Waals surface area contributed by atoms with E-state index in [1.807, 2.05) is 49.4 Å². The van der Waals surface area contributed by atoms with Gasteiger partial charge in [0.2, 0.25) is 0 Å². The first-order valence-electron chi connectivity index (χ1n) is 8.91. The van der Waals surface area contributed by atoms with Crippen LogP contribution in [0.1, 0.15) is 23.5 Å². The van der Waals surface area contributed by atoms with Crippen LogP contribution in [0.3, 0.4) is 0 Å². The van der Waals surface area contributed by atoms with Gasteiger partial charge in [-0.25, -0.2) is 0 Å². The summed E-state index contributed by atoms with van der Waals surface area (Å²) < 4.78 is 5.71. The monoisotopic (exact) mass is 338 g/mol. The standard InChI is InChI=1S/C21H26N2O2/c1-18-9-10-21(25-18)17-23-14-13-22(16-20(23)11-15-24)12-5-8-19-6-3-2-4-7-19/h2-4,6-7,9-10,20,24H,11-17H2,1H3/t20-/m0/s1. The Bertz CT molecular complexity index is 714. The summed E-state index contributed by atoms with van der Waals surface area (Å²) in [4.78, 5) is 4.79. The molecule has 1 N–H and O–H groups in total. The van der Waals surface area contributed by atoms with E-state index in [9.17, 15) is 5.11 Å². The molecule has 0 amide bonds. The molecule has 0 aliphatic carbocycles. The molecule has 1 aromatic heterocycles. The van der Waals surface area contributed by atoms with E-state index in [2.05, 4.69) is 21.6 Å². The van der Waals surface area contributed by atoms with Crippen molar-refractivity contribution in [2.75, 3.05) is 32.8 Å². The SMILES string of the molecule is Cc1ccc(CN2CCN(CC#Cc3ccccc3)C[C@@H]2CCO)o1. The summed E-state index contributed by atoms with van der Waals surface area (Å²) in [5, 5.41) is 9.42. The van der Waals surface area contributed by atoms with Gasteiger partial charge in [0.15, 0.2) is 0 Å². The summed E-state index contributed by atoms with van der Waals surface area (Å²) in [5.41, 5.74) is 1.06. The molecule has 1 saturated heterocycles. The molecule has 0 bridgehead atoms. The Morgan fingerprint density at radius 2 is 2.00 bits per heavy atom. The van der Waals surface area contributed by atoms with E-state index < -0.39 is 0 Å². The fraction of sp³-hybridized carbons (Fsp3) is 0.429. The molecule has 1 fully saturated rings. The van der Waals surface area contributed by atoms with E-state index in [0.29, 0.717) is 6.04 Å². The van der Waals surface area contributed by atoms with Crippen molar-refractivity contribution in [3.63, 3.8) is 0 Å². The third-order valence-electron chi connectivity index (χ3n) is 4.62. The van der Waals surface area contributed by atoms with Crippen molar-refractivity contribution >= 4 is 0 Å². The molecule has 3 rings (SSSR count). The topological polar surface area (TPSA) is 39.9 Å². The van der Waals surface area contributed by atoms with Crippen molar-refractivity contribution in [3.8, 4) is 11.8 Å². The maximum absolute atomic E-state index is 9.42. The van der Waals surface area contributed by atoms with Crippen LogP contribution < -0.4 is 0 Å². The van der Waals surface area contributed by atoms with Gasteiger partial charge in [-0.2, -0.15) is 0 Å². The van der Waals surface area contributed by atoms with Crippen LogP contribution in [0.5, 0.6) is 0 Å². The smallest absolute Gasteiger partial charge is 0.118 e. The Labute approximate surface area is 150 Å². The molecule has 1 aromatic carbocycles. The number of benzene rings is 1. The summed E-state index contributed by atoms with van der Waals surface area (Å²) in [6, 6.07) is 14.5. The van der Waals surface area contributed by atoms with Crippen LogP contribution in [0.2, 0.25) is 0 Å². The maximum atomic E-state index is 9.42. The second-order valence-corrected chi connectivity index (χ2v) is 6.55. The third kappa shape index (κ3) is 5.20. The second-order valence-electron chi connectivity index (χ2n) is 6.55. The predicted molar refractivity (Wildman–Crippen MR) is 99.1 cm³/mol. The van der Waals surface area contributed by atoms with E-state index in [-0.39, 0.29) is 6.61 Å². The lowest BCUT2D eigenvalue weighted by Crippen LogP contribution is -2.52. The van der Waals surface area contributed by atoms with E-state index in [1.165, 1.54) is 0 Å². The highest BCUT2D eigenvalue weighted by molar-refractivity contribution is 5.33. The highest BCUT2D eigenvalue weighted by Crippen LogP contribution is 2.17. The zero-order valence-electron chi connectivity index (χ0n) is 14.8. The lowest BCUT2D eigenvalue weighted by molar-refractivity contribution is 0.0555. The Balaban J connectivity index is 1.56. The molecule has 0 radical (unpaired) electrons. The Hall–Kier alpha value is -2.06. The molecular weight excluding hydrogens is 312 g/mol. The van der Waals surface area contributed by atoms with Crippen LogP contribution in [0, 0.1) is 18.8 Å². The molecule has 132 valence electrons. The van der Waals surface area contributed by atoms with Crippen molar-refractivity contribution in [3.05, 3.63) is 59.5 Å². The van der Waals surface area contributed by atoms with Gasteiger partial charge in [0.05, 0.1) is 13.1 Å². The minimum atomic E-state index is 0.210. The van der Waals surface area contributed by atoms with Gasteiger partial charge in [-0.15, -0.1) is 0 Å². The van der Waals surface area contributed by atoms with Crippen molar-refractivity contribution in [1.29, 1.82) is 0 Å². The third-order valence-corrected chi connectivity index (χ3v) is 4.62. The Kier molecular flexibility index (Phi) is 6.30. The number of hydrogen-bond acceptors (Lipinski definition) is 4. The summed E-state index contributed by atoms with van der Waals surface area (Å²) in [6.07, 6.45) is 0.780. The Morgan fingerprint density at radius 3 is 2.72 bits per heavy atom. The maximum Gasteiger partial charge on any atom is 0.118 e. The van der Waals surface area contributed by atoms with Gasteiger partial charge in [-0.3, -0.25) is 9.80 Å². The molecule has 2 aromatic rings. The number of hydrogen-bond donors (Lipinski definition) is 1. The summed E-state index contributed by atoms with van der Waals surface area (Å²) in [5.74, 6) is 8.45. The minimum Gasteiger partial charge on any atom is -0.465 e. The van der Waals surface area contributed by atoms with Crippen molar-refractivity contribution in [2.45, 2.75) is 25.9 Å².